The third kappa shape index (κ3) is 3.85. The third-order valence-corrected chi connectivity index (χ3v) is 2.64. The molecule has 1 unspecified atom stereocenters. The first kappa shape index (κ1) is 13.7. The lowest BCUT2D eigenvalue weighted by Crippen LogP contribution is -2.29. The number of hydrogen-bond donors (Lipinski definition) is 2. The number of aromatic nitrogens is 2. The van der Waals surface area contributed by atoms with Gasteiger partial charge in [0, 0.05) is 12.4 Å². The lowest BCUT2D eigenvalue weighted by Gasteiger charge is -2.16. The van der Waals surface area contributed by atoms with Crippen molar-refractivity contribution < 1.29 is 4.79 Å². The van der Waals surface area contributed by atoms with Gasteiger partial charge in [-0.3, -0.25) is 4.79 Å². The minimum Gasteiger partial charge on any atom is -0.368 e. The summed E-state index contributed by atoms with van der Waals surface area (Å²) >= 11 is 0. The average molecular weight is 238 g/mol. The second-order valence-electron chi connectivity index (χ2n) is 4.60. The minimum atomic E-state index is -0.310. The Labute approximate surface area is 102 Å². The van der Waals surface area contributed by atoms with Crippen LogP contribution in [0.1, 0.15) is 39.1 Å². The van der Waals surface area contributed by atoms with Gasteiger partial charge in [0.1, 0.15) is 11.9 Å². The van der Waals surface area contributed by atoms with E-state index in [-0.39, 0.29) is 11.9 Å². The van der Waals surface area contributed by atoms with E-state index in [1.165, 1.54) is 0 Å². The fourth-order valence-electron chi connectivity index (χ4n) is 1.77. The van der Waals surface area contributed by atoms with Crippen molar-refractivity contribution in [3.8, 4) is 0 Å². The van der Waals surface area contributed by atoms with Crippen molar-refractivity contribution in [2.45, 2.75) is 39.8 Å². The lowest BCUT2D eigenvalue weighted by molar-refractivity contribution is -0.121. The number of carbonyl (C=O) groups excluding carboxylic acids is 1. The molecule has 96 valence electrons. The quantitative estimate of drug-likeness (QED) is 0.746. The van der Waals surface area contributed by atoms with Gasteiger partial charge < -0.3 is 15.6 Å². The number of nitrogens with zero attached hydrogens (tertiary/aromatic N) is 2. The first-order chi connectivity index (χ1) is 8.06. The Hall–Kier alpha value is -1.36. The van der Waals surface area contributed by atoms with Gasteiger partial charge in [0.05, 0.1) is 6.54 Å². The Morgan fingerprint density at radius 2 is 2.29 bits per heavy atom. The van der Waals surface area contributed by atoms with E-state index in [1.54, 1.807) is 6.20 Å². The van der Waals surface area contributed by atoms with Crippen LogP contribution < -0.4 is 11.1 Å². The molecule has 1 rings (SSSR count). The van der Waals surface area contributed by atoms with Gasteiger partial charge in [-0.1, -0.05) is 20.8 Å². The van der Waals surface area contributed by atoms with Gasteiger partial charge in [0.2, 0.25) is 5.91 Å². The highest BCUT2D eigenvalue weighted by molar-refractivity contribution is 5.78. The molecule has 0 saturated carbocycles. The van der Waals surface area contributed by atoms with E-state index in [2.05, 4.69) is 24.1 Å². The molecule has 1 heterocycles. The molecule has 1 atom stereocenters. The Morgan fingerprint density at radius 3 is 2.82 bits per heavy atom. The van der Waals surface area contributed by atoms with Crippen LogP contribution in [0.15, 0.2) is 12.4 Å². The van der Waals surface area contributed by atoms with Gasteiger partial charge in [0.25, 0.3) is 0 Å². The van der Waals surface area contributed by atoms with E-state index in [4.69, 9.17) is 5.73 Å². The fraction of sp³-hybridized carbons (Fsp3) is 0.667. The predicted molar refractivity (Wildman–Crippen MR) is 67.3 cm³/mol. The lowest BCUT2D eigenvalue weighted by atomic mass is 10.2. The van der Waals surface area contributed by atoms with Crippen LogP contribution in [0.4, 0.5) is 0 Å². The van der Waals surface area contributed by atoms with Crippen molar-refractivity contribution >= 4 is 5.91 Å². The third-order valence-electron chi connectivity index (χ3n) is 2.64. The molecule has 0 aromatic carbocycles. The van der Waals surface area contributed by atoms with Crippen LogP contribution in [0.3, 0.4) is 0 Å². The maximum Gasteiger partial charge on any atom is 0.240 e. The normalized spacial score (nSPS) is 12.9. The molecule has 0 aliphatic carbocycles. The summed E-state index contributed by atoms with van der Waals surface area (Å²) < 4.78 is 1.86. The van der Waals surface area contributed by atoms with Crippen molar-refractivity contribution in [3.63, 3.8) is 0 Å². The van der Waals surface area contributed by atoms with E-state index < -0.39 is 0 Å². The van der Waals surface area contributed by atoms with Crippen LogP contribution in [-0.2, 0) is 11.3 Å². The Bertz CT molecular complexity index is 359. The molecule has 0 aliphatic rings. The summed E-state index contributed by atoms with van der Waals surface area (Å²) in [5.74, 6) is 1.14. The van der Waals surface area contributed by atoms with E-state index in [9.17, 15) is 4.79 Å². The van der Waals surface area contributed by atoms with Crippen LogP contribution >= 0.6 is 0 Å². The maximum atomic E-state index is 11.3. The van der Waals surface area contributed by atoms with E-state index in [0.29, 0.717) is 18.9 Å². The monoisotopic (exact) mass is 238 g/mol. The second kappa shape index (κ2) is 6.39. The number of carbonyl (C=O) groups is 1. The second-order valence-corrected chi connectivity index (χ2v) is 4.60. The summed E-state index contributed by atoms with van der Waals surface area (Å²) in [5, 5.41) is 3.31. The molecule has 0 fully saturated rings. The van der Waals surface area contributed by atoms with E-state index in [1.807, 2.05) is 17.7 Å². The highest BCUT2D eigenvalue weighted by atomic mass is 16.1. The topological polar surface area (TPSA) is 72.9 Å². The Morgan fingerprint density at radius 1 is 1.59 bits per heavy atom. The fourth-order valence-corrected chi connectivity index (χ4v) is 1.77. The summed E-state index contributed by atoms with van der Waals surface area (Å²) in [4.78, 5) is 15.6. The molecule has 0 bridgehead atoms. The summed E-state index contributed by atoms with van der Waals surface area (Å²) in [6.45, 7) is 7.84. The molecule has 0 saturated heterocycles. The Balaban J connectivity index is 2.68. The van der Waals surface area contributed by atoms with Crippen LogP contribution in [0.5, 0.6) is 0 Å². The minimum absolute atomic E-state index is 0.298. The van der Waals surface area contributed by atoms with Gasteiger partial charge in [0.15, 0.2) is 0 Å². The summed E-state index contributed by atoms with van der Waals surface area (Å²) in [7, 11) is 0. The predicted octanol–water partition coefficient (Wildman–Crippen LogP) is 1.07. The number of amides is 1. The molecule has 17 heavy (non-hydrogen) atoms. The van der Waals surface area contributed by atoms with E-state index in [0.717, 1.165) is 12.4 Å². The average Bonchev–Trinajstić information content (AvgIpc) is 2.66. The van der Waals surface area contributed by atoms with Crippen LogP contribution in [0.25, 0.3) is 0 Å². The maximum absolute atomic E-state index is 11.3. The van der Waals surface area contributed by atoms with Crippen LogP contribution in [-0.4, -0.2) is 22.0 Å². The van der Waals surface area contributed by atoms with Crippen molar-refractivity contribution in [1.29, 1.82) is 0 Å². The van der Waals surface area contributed by atoms with Gasteiger partial charge in [-0.15, -0.1) is 0 Å². The van der Waals surface area contributed by atoms with Crippen molar-refractivity contribution in [1.82, 2.24) is 14.9 Å². The van der Waals surface area contributed by atoms with Crippen LogP contribution in [0.2, 0.25) is 0 Å². The number of nitrogens with two attached hydrogens (primary N) is 1. The summed E-state index contributed by atoms with van der Waals surface area (Å²) in [5.41, 5.74) is 5.38. The van der Waals surface area contributed by atoms with Crippen molar-refractivity contribution in [3.05, 3.63) is 18.2 Å². The standard InChI is InChI=1S/C12H22N4O/c1-4-10(12(13)17)16-6-5-15-11(16)8-14-7-9(2)3/h5-6,9-10,14H,4,7-8H2,1-3H3,(H2,13,17). The SMILES string of the molecule is CCC(C(N)=O)n1ccnc1CNCC(C)C. The highest BCUT2D eigenvalue weighted by Crippen LogP contribution is 2.13. The van der Waals surface area contributed by atoms with Crippen molar-refractivity contribution in [2.75, 3.05) is 6.54 Å². The zero-order valence-corrected chi connectivity index (χ0v) is 10.8. The molecule has 1 amide bonds. The first-order valence-corrected chi connectivity index (χ1v) is 6.08. The number of nitrogens with one attached hydrogen (secondary N) is 1. The van der Waals surface area contributed by atoms with Gasteiger partial charge in [-0.05, 0) is 18.9 Å². The zero-order chi connectivity index (χ0) is 12.8. The van der Waals surface area contributed by atoms with Crippen LogP contribution in [0, 0.1) is 5.92 Å². The smallest absolute Gasteiger partial charge is 0.240 e. The van der Waals surface area contributed by atoms with Gasteiger partial charge in [-0.25, -0.2) is 4.98 Å². The molecule has 5 nitrogen and oxygen atoms in total. The number of hydrogen-bond acceptors (Lipinski definition) is 3. The number of imidazole rings is 1. The van der Waals surface area contributed by atoms with E-state index >= 15 is 0 Å². The molecule has 1 aromatic rings. The zero-order valence-electron chi connectivity index (χ0n) is 10.8. The Kier molecular flexibility index (Phi) is 5.15. The largest absolute Gasteiger partial charge is 0.368 e. The molecule has 1 aromatic heterocycles. The molecular weight excluding hydrogens is 216 g/mol. The number of rotatable bonds is 7. The van der Waals surface area contributed by atoms with Crippen molar-refractivity contribution in [2.24, 2.45) is 11.7 Å². The van der Waals surface area contributed by atoms with Gasteiger partial charge >= 0.3 is 0 Å². The first-order valence-electron chi connectivity index (χ1n) is 6.08. The molecule has 0 radical (unpaired) electrons. The molecule has 5 heteroatoms. The molecule has 3 N–H and O–H groups in total. The molecule has 0 spiro atoms. The highest BCUT2D eigenvalue weighted by Gasteiger charge is 2.17. The molecule has 0 aliphatic heterocycles. The molecular formula is C12H22N4O. The van der Waals surface area contributed by atoms with Gasteiger partial charge in [-0.2, -0.15) is 0 Å². The summed E-state index contributed by atoms with van der Waals surface area (Å²) in [6, 6.07) is -0.298. The number of primary amides is 1. The summed E-state index contributed by atoms with van der Waals surface area (Å²) in [6.07, 6.45) is 4.20.